The molecule has 6 atom stereocenters. The van der Waals surface area contributed by atoms with E-state index < -0.39 is 54.2 Å². The molecule has 0 aliphatic carbocycles. The molecule has 3 rings (SSSR count). The van der Waals surface area contributed by atoms with Crippen molar-refractivity contribution in [1.82, 2.24) is 0 Å². The van der Waals surface area contributed by atoms with Gasteiger partial charge < -0.3 is 18.9 Å². The lowest BCUT2D eigenvalue weighted by molar-refractivity contribution is -0.177. The van der Waals surface area contributed by atoms with E-state index in [9.17, 15) is 14.4 Å². The summed E-state index contributed by atoms with van der Waals surface area (Å²) in [6, 6.07) is 9.44. The molecule has 170 valence electrons. The van der Waals surface area contributed by atoms with Crippen LogP contribution in [0.2, 0.25) is 0 Å². The molecule has 2 aliphatic rings. The first kappa shape index (κ1) is 24.0. The van der Waals surface area contributed by atoms with Crippen molar-refractivity contribution in [3.05, 3.63) is 74.0 Å². The Morgan fingerprint density at radius 1 is 1.16 bits per heavy atom. The average Bonchev–Trinajstić information content (AvgIpc) is 3.08. The minimum absolute atomic E-state index is 0.211. The predicted octanol–water partition coefficient (Wildman–Crippen LogP) is 2.74. The normalized spacial score (nSPS) is 28.5. The van der Waals surface area contributed by atoms with Crippen LogP contribution in [0.5, 0.6) is 0 Å². The molecular weight excluding hydrogens is 412 g/mol. The fourth-order valence-corrected chi connectivity index (χ4v) is 3.81. The molecule has 0 bridgehead atoms. The molecule has 7 heteroatoms. The zero-order valence-corrected chi connectivity index (χ0v) is 18.1. The summed E-state index contributed by atoms with van der Waals surface area (Å²) in [4.78, 5) is 37.7. The molecule has 7 nitrogen and oxygen atoms in total. The molecule has 2 aliphatic heterocycles. The van der Waals surface area contributed by atoms with Crippen molar-refractivity contribution in [2.24, 2.45) is 0 Å². The number of ether oxygens (including phenoxy) is 4. The Kier molecular flexibility index (Phi) is 8.50. The van der Waals surface area contributed by atoms with Crippen molar-refractivity contribution in [3.63, 3.8) is 0 Å². The molecule has 0 N–H and O–H groups in total. The van der Waals surface area contributed by atoms with E-state index in [-0.39, 0.29) is 6.61 Å². The van der Waals surface area contributed by atoms with Gasteiger partial charge in [-0.25, -0.2) is 0 Å². The monoisotopic (exact) mass is 440 g/mol. The van der Waals surface area contributed by atoms with Gasteiger partial charge in [-0.3, -0.25) is 14.4 Å². The molecular formula is C25H28O7. The van der Waals surface area contributed by atoms with Crippen molar-refractivity contribution in [1.29, 1.82) is 0 Å². The minimum atomic E-state index is -1.23. The Morgan fingerprint density at radius 2 is 1.91 bits per heavy atom. The molecule has 0 aromatic heterocycles. The Hall–Kier alpha value is -2.61. The van der Waals surface area contributed by atoms with Crippen LogP contribution in [0.15, 0.2) is 55.1 Å². The van der Waals surface area contributed by atoms with E-state index >= 15 is 0 Å². The zero-order chi connectivity index (χ0) is 23.1. The van der Waals surface area contributed by atoms with Crippen LogP contribution in [0.1, 0.15) is 25.3 Å². The molecule has 32 heavy (non-hydrogen) atoms. The maximum atomic E-state index is 13.3. The van der Waals surface area contributed by atoms with Crippen molar-refractivity contribution in [2.75, 3.05) is 0 Å². The van der Waals surface area contributed by atoms with Gasteiger partial charge in [0.25, 0.3) is 0 Å². The summed E-state index contributed by atoms with van der Waals surface area (Å²) in [5, 5.41) is 0. The average molecular weight is 440 g/mol. The highest BCUT2D eigenvalue weighted by Crippen LogP contribution is 2.31. The van der Waals surface area contributed by atoms with Crippen LogP contribution in [0.4, 0.5) is 0 Å². The number of hydrogen-bond acceptors (Lipinski definition) is 7. The number of carbonyl (C=O) groups is 3. The lowest BCUT2D eigenvalue weighted by atomic mass is 9.96. The zero-order valence-electron chi connectivity index (χ0n) is 18.1. The maximum Gasteiger partial charge on any atom is 0.303 e. The van der Waals surface area contributed by atoms with Crippen LogP contribution in [0.25, 0.3) is 0 Å². The standard InChI is InChI=1S/C25H28O7/c1-4-9-18-13-14-19(27)22(31-18)25(30-16(3)26)24-21(28)23(20(32-24)10-5-2)29-15-17-11-7-6-8-12-17/h4-8,11-14,18,20,22-25H,1-2,9-10,15H2,3H3/t18?,20-,22+,23+,24-,25-/m1/s1. The van der Waals surface area contributed by atoms with Gasteiger partial charge in [-0.05, 0) is 37.8 Å². The SMILES string of the molecule is [CH2][CH]C[C@H]1O[C@@H]([C@H](OC(C)=O)[C@H]2OC(CC=C)C=CC2=O)C(=O)[C@H]1OCc1ccccc1. The highest BCUT2D eigenvalue weighted by Gasteiger charge is 2.52. The number of hydrogen-bond donors (Lipinski definition) is 0. The van der Waals surface area contributed by atoms with Crippen LogP contribution in [-0.4, -0.2) is 54.2 Å². The minimum Gasteiger partial charge on any atom is -0.456 e. The van der Waals surface area contributed by atoms with Crippen molar-refractivity contribution in [2.45, 2.75) is 63.0 Å². The first-order valence-electron chi connectivity index (χ1n) is 10.6. The van der Waals surface area contributed by atoms with Crippen LogP contribution < -0.4 is 0 Å². The molecule has 2 radical (unpaired) electrons. The highest BCUT2D eigenvalue weighted by atomic mass is 16.6. The second-order valence-electron chi connectivity index (χ2n) is 7.69. The summed E-state index contributed by atoms with van der Waals surface area (Å²) in [6.07, 6.45) is 1.58. The van der Waals surface area contributed by atoms with Gasteiger partial charge in [0, 0.05) is 6.92 Å². The number of Topliss-reactive ketones (excluding diaryl/α,β-unsaturated/α-hetero) is 1. The molecule has 1 fully saturated rings. The van der Waals surface area contributed by atoms with E-state index in [0.29, 0.717) is 12.8 Å². The van der Waals surface area contributed by atoms with Crippen molar-refractivity contribution >= 4 is 17.5 Å². The van der Waals surface area contributed by atoms with Gasteiger partial charge in [0.1, 0.15) is 6.10 Å². The van der Waals surface area contributed by atoms with Gasteiger partial charge in [0.2, 0.25) is 0 Å². The number of carbonyl (C=O) groups excluding carboxylic acids is 3. The number of benzene rings is 1. The molecule has 1 aromatic rings. The highest BCUT2D eigenvalue weighted by molar-refractivity contribution is 5.97. The summed E-state index contributed by atoms with van der Waals surface area (Å²) >= 11 is 0. The topological polar surface area (TPSA) is 88.1 Å². The summed E-state index contributed by atoms with van der Waals surface area (Å²) in [7, 11) is 0. The third kappa shape index (κ3) is 5.79. The van der Waals surface area contributed by atoms with Crippen LogP contribution in [0.3, 0.4) is 0 Å². The molecule has 2 heterocycles. The maximum absolute atomic E-state index is 13.3. The van der Waals surface area contributed by atoms with Gasteiger partial charge in [-0.2, -0.15) is 0 Å². The lowest BCUT2D eigenvalue weighted by Crippen LogP contribution is -2.51. The summed E-state index contributed by atoms with van der Waals surface area (Å²) in [6.45, 7) is 8.82. The van der Waals surface area contributed by atoms with Crippen LogP contribution in [-0.2, 0) is 39.9 Å². The van der Waals surface area contributed by atoms with Crippen LogP contribution >= 0.6 is 0 Å². The van der Waals surface area contributed by atoms with Crippen molar-refractivity contribution in [3.8, 4) is 0 Å². The van der Waals surface area contributed by atoms with E-state index in [1.807, 2.05) is 30.3 Å². The second-order valence-corrected chi connectivity index (χ2v) is 7.69. The Bertz CT molecular complexity index is 847. The van der Waals surface area contributed by atoms with Gasteiger partial charge in [0.15, 0.2) is 29.9 Å². The third-order valence-corrected chi connectivity index (χ3v) is 5.27. The Morgan fingerprint density at radius 3 is 2.56 bits per heavy atom. The van der Waals surface area contributed by atoms with Gasteiger partial charge in [-0.15, -0.1) is 6.58 Å². The fourth-order valence-electron chi connectivity index (χ4n) is 3.81. The van der Waals surface area contributed by atoms with Gasteiger partial charge in [-0.1, -0.05) is 42.5 Å². The van der Waals surface area contributed by atoms with Gasteiger partial charge in [0.05, 0.1) is 18.8 Å². The van der Waals surface area contributed by atoms with E-state index in [4.69, 9.17) is 18.9 Å². The van der Waals surface area contributed by atoms with Gasteiger partial charge >= 0.3 is 5.97 Å². The van der Waals surface area contributed by atoms with E-state index in [0.717, 1.165) is 5.56 Å². The summed E-state index contributed by atoms with van der Waals surface area (Å²) in [5.41, 5.74) is 0.904. The van der Waals surface area contributed by atoms with E-state index in [1.165, 1.54) is 13.0 Å². The quantitative estimate of drug-likeness (QED) is 0.408. The first-order valence-corrected chi connectivity index (χ1v) is 10.6. The molecule has 0 saturated carbocycles. The molecule has 1 unspecified atom stereocenters. The molecule has 0 amide bonds. The Balaban J connectivity index is 1.81. The molecule has 1 aromatic carbocycles. The first-order chi connectivity index (χ1) is 15.4. The smallest absolute Gasteiger partial charge is 0.303 e. The van der Waals surface area contributed by atoms with E-state index in [1.54, 1.807) is 18.6 Å². The fraction of sp³-hybridized carbons (Fsp3) is 0.400. The summed E-state index contributed by atoms with van der Waals surface area (Å²) < 4.78 is 23.1. The lowest BCUT2D eigenvalue weighted by Gasteiger charge is -2.32. The number of ketones is 2. The van der Waals surface area contributed by atoms with Crippen LogP contribution in [0, 0.1) is 13.3 Å². The molecule has 0 spiro atoms. The van der Waals surface area contributed by atoms with Crippen molar-refractivity contribution < 1.29 is 33.3 Å². The summed E-state index contributed by atoms with van der Waals surface area (Å²) in [5.74, 6) is -1.45. The predicted molar refractivity (Wildman–Crippen MR) is 116 cm³/mol. The number of esters is 1. The third-order valence-electron chi connectivity index (χ3n) is 5.27. The largest absolute Gasteiger partial charge is 0.456 e. The molecule has 1 saturated heterocycles. The second kappa shape index (κ2) is 11.3. The van der Waals surface area contributed by atoms with E-state index in [2.05, 4.69) is 13.5 Å². The Labute approximate surface area is 188 Å². The number of rotatable bonds is 10.